The van der Waals surface area contributed by atoms with E-state index in [9.17, 15) is 5.11 Å². The Balaban J connectivity index is 1.67. The van der Waals surface area contributed by atoms with Gasteiger partial charge in [0.2, 0.25) is 0 Å². The molecule has 1 aromatic carbocycles. The van der Waals surface area contributed by atoms with Crippen LogP contribution < -0.4 is 4.74 Å². The first-order valence-corrected chi connectivity index (χ1v) is 7.34. The van der Waals surface area contributed by atoms with Crippen molar-refractivity contribution in [3.63, 3.8) is 0 Å². The Morgan fingerprint density at radius 2 is 2.00 bits per heavy atom. The van der Waals surface area contributed by atoms with Crippen LogP contribution in [0.15, 0.2) is 18.2 Å². The molecule has 2 aliphatic rings. The van der Waals surface area contributed by atoms with E-state index in [1.807, 2.05) is 13.0 Å². The van der Waals surface area contributed by atoms with Gasteiger partial charge in [0.25, 0.3) is 0 Å². The summed E-state index contributed by atoms with van der Waals surface area (Å²) in [5.74, 6) is 1.00. The van der Waals surface area contributed by atoms with Crippen molar-refractivity contribution in [3.05, 3.63) is 23.8 Å². The van der Waals surface area contributed by atoms with Gasteiger partial charge in [0.05, 0.1) is 12.2 Å². The van der Waals surface area contributed by atoms with Gasteiger partial charge in [-0.05, 0) is 37.5 Å². The molecule has 2 fully saturated rings. The fourth-order valence-electron chi connectivity index (χ4n) is 3.16. The van der Waals surface area contributed by atoms with Crippen LogP contribution in [0.2, 0.25) is 0 Å². The van der Waals surface area contributed by atoms with Crippen molar-refractivity contribution in [1.82, 2.24) is 0 Å². The van der Waals surface area contributed by atoms with Crippen molar-refractivity contribution in [2.75, 3.05) is 19.8 Å². The molecule has 0 aromatic heterocycles. The van der Waals surface area contributed by atoms with Crippen molar-refractivity contribution >= 4 is 0 Å². The number of rotatable bonds is 2. The van der Waals surface area contributed by atoms with Gasteiger partial charge in [0.15, 0.2) is 0 Å². The van der Waals surface area contributed by atoms with E-state index in [-0.39, 0.29) is 17.5 Å². The van der Waals surface area contributed by atoms with Gasteiger partial charge < -0.3 is 19.3 Å². The van der Waals surface area contributed by atoms with Crippen molar-refractivity contribution in [2.24, 2.45) is 0 Å². The number of hydrogen-bond donors (Lipinski definition) is 1. The summed E-state index contributed by atoms with van der Waals surface area (Å²) < 4.78 is 17.5. The lowest BCUT2D eigenvalue weighted by atomic mass is 9.85. The zero-order valence-corrected chi connectivity index (χ0v) is 11.9. The zero-order valence-electron chi connectivity index (χ0n) is 11.9. The minimum atomic E-state index is -0.0625. The van der Waals surface area contributed by atoms with Gasteiger partial charge in [-0.15, -0.1) is 0 Å². The fraction of sp³-hybridized carbons (Fsp3) is 0.625. The molecule has 0 aliphatic carbocycles. The van der Waals surface area contributed by atoms with Gasteiger partial charge in [-0.1, -0.05) is 0 Å². The predicted molar refractivity (Wildman–Crippen MR) is 75.2 cm³/mol. The van der Waals surface area contributed by atoms with Crippen LogP contribution >= 0.6 is 0 Å². The number of hydrogen-bond acceptors (Lipinski definition) is 4. The Morgan fingerprint density at radius 1 is 1.20 bits per heavy atom. The normalized spacial score (nSPS) is 25.6. The number of ether oxygens (including phenoxy) is 3. The molecule has 0 radical (unpaired) electrons. The van der Waals surface area contributed by atoms with Crippen molar-refractivity contribution < 1.29 is 19.3 Å². The first kappa shape index (κ1) is 13.7. The fourth-order valence-corrected chi connectivity index (χ4v) is 3.16. The highest BCUT2D eigenvalue weighted by atomic mass is 16.5. The summed E-state index contributed by atoms with van der Waals surface area (Å²) in [6.45, 7) is 4.24. The van der Waals surface area contributed by atoms with E-state index in [0.29, 0.717) is 0 Å². The first-order chi connectivity index (χ1) is 9.65. The third-order valence-corrected chi connectivity index (χ3v) is 4.19. The second-order valence-corrected chi connectivity index (χ2v) is 5.88. The molecule has 110 valence electrons. The van der Waals surface area contributed by atoms with Gasteiger partial charge in [-0.2, -0.15) is 0 Å². The molecule has 0 saturated carbocycles. The summed E-state index contributed by atoms with van der Waals surface area (Å²) in [5, 5.41) is 9.64. The Labute approximate surface area is 119 Å². The minimum absolute atomic E-state index is 0.0625. The molecule has 3 rings (SSSR count). The van der Waals surface area contributed by atoms with Crippen LogP contribution in [0.5, 0.6) is 11.5 Å². The number of phenols is 1. The molecular weight excluding hydrogens is 256 g/mol. The smallest absolute Gasteiger partial charge is 0.123 e. The molecule has 1 spiro atoms. The molecule has 0 amide bonds. The van der Waals surface area contributed by atoms with Crippen LogP contribution in [0.3, 0.4) is 0 Å². The van der Waals surface area contributed by atoms with E-state index in [0.717, 1.165) is 56.8 Å². The standard InChI is InChI=1S/C16H22O4/c1-12-8-13(17)10-15(9-12)20-14-2-5-19-16(11-14)3-6-18-7-4-16/h8-10,14,17H,2-7,11H2,1H3. The maximum Gasteiger partial charge on any atom is 0.123 e. The number of aromatic hydroxyl groups is 1. The van der Waals surface area contributed by atoms with Crippen LogP contribution in [0.1, 0.15) is 31.2 Å². The van der Waals surface area contributed by atoms with Crippen LogP contribution in [-0.2, 0) is 9.47 Å². The average molecular weight is 278 g/mol. The number of phenolic OH excluding ortho intramolecular Hbond substituents is 1. The van der Waals surface area contributed by atoms with Crippen LogP contribution in [0.25, 0.3) is 0 Å². The Kier molecular flexibility index (Phi) is 3.85. The second kappa shape index (κ2) is 5.62. The summed E-state index contributed by atoms with van der Waals surface area (Å²) in [7, 11) is 0. The third kappa shape index (κ3) is 3.07. The van der Waals surface area contributed by atoms with Gasteiger partial charge in [-0.25, -0.2) is 0 Å². The van der Waals surface area contributed by atoms with Gasteiger partial charge >= 0.3 is 0 Å². The van der Waals surface area contributed by atoms with Crippen molar-refractivity contribution in [2.45, 2.75) is 44.3 Å². The van der Waals surface area contributed by atoms with Gasteiger partial charge in [-0.3, -0.25) is 0 Å². The second-order valence-electron chi connectivity index (χ2n) is 5.88. The molecular formula is C16H22O4. The molecule has 2 aliphatic heterocycles. The molecule has 0 bridgehead atoms. The highest BCUT2D eigenvalue weighted by molar-refractivity contribution is 5.37. The third-order valence-electron chi connectivity index (χ3n) is 4.19. The zero-order chi connectivity index (χ0) is 14.0. The molecule has 2 heterocycles. The highest BCUT2D eigenvalue weighted by Crippen LogP contribution is 2.36. The van der Waals surface area contributed by atoms with Crippen molar-refractivity contribution in [3.8, 4) is 11.5 Å². The highest BCUT2D eigenvalue weighted by Gasteiger charge is 2.39. The predicted octanol–water partition coefficient (Wildman–Crippen LogP) is 2.81. The number of aryl methyl sites for hydroxylation is 1. The van der Waals surface area contributed by atoms with Gasteiger partial charge in [0, 0.05) is 32.1 Å². The van der Waals surface area contributed by atoms with E-state index >= 15 is 0 Å². The summed E-state index contributed by atoms with van der Waals surface area (Å²) in [5.41, 5.74) is 0.945. The maximum absolute atomic E-state index is 9.64. The van der Waals surface area contributed by atoms with Gasteiger partial charge in [0.1, 0.15) is 17.6 Å². The summed E-state index contributed by atoms with van der Waals surface area (Å²) >= 11 is 0. The lowest BCUT2D eigenvalue weighted by molar-refractivity contribution is -0.155. The molecule has 1 aromatic rings. The van der Waals surface area contributed by atoms with E-state index in [2.05, 4.69) is 0 Å². The lowest BCUT2D eigenvalue weighted by Crippen LogP contribution is -2.47. The van der Waals surface area contributed by atoms with Crippen LogP contribution in [0.4, 0.5) is 0 Å². The summed E-state index contributed by atoms with van der Waals surface area (Å²) in [4.78, 5) is 0. The molecule has 2 saturated heterocycles. The Hall–Kier alpha value is -1.26. The summed E-state index contributed by atoms with van der Waals surface area (Å²) in [6.07, 6.45) is 3.86. The van der Waals surface area contributed by atoms with Crippen LogP contribution in [-0.4, -0.2) is 36.6 Å². The van der Waals surface area contributed by atoms with Crippen molar-refractivity contribution in [1.29, 1.82) is 0 Å². The maximum atomic E-state index is 9.64. The first-order valence-electron chi connectivity index (χ1n) is 7.34. The van der Waals surface area contributed by atoms with E-state index < -0.39 is 0 Å². The largest absolute Gasteiger partial charge is 0.508 e. The molecule has 1 atom stereocenters. The Bertz CT molecular complexity index is 440. The number of benzene rings is 1. The average Bonchev–Trinajstić information content (AvgIpc) is 2.38. The van der Waals surface area contributed by atoms with Crippen LogP contribution in [0, 0.1) is 6.92 Å². The lowest BCUT2D eigenvalue weighted by Gasteiger charge is -2.43. The van der Waals surface area contributed by atoms with E-state index in [1.165, 1.54) is 0 Å². The van der Waals surface area contributed by atoms with E-state index in [1.54, 1.807) is 12.1 Å². The molecule has 1 N–H and O–H groups in total. The topological polar surface area (TPSA) is 47.9 Å². The Morgan fingerprint density at radius 3 is 2.75 bits per heavy atom. The SMILES string of the molecule is Cc1cc(O)cc(OC2CCOC3(CCOCC3)C2)c1. The molecule has 4 nitrogen and oxygen atoms in total. The summed E-state index contributed by atoms with van der Waals surface area (Å²) in [6, 6.07) is 5.38. The van der Waals surface area contributed by atoms with E-state index in [4.69, 9.17) is 14.2 Å². The molecule has 20 heavy (non-hydrogen) atoms. The molecule has 4 heteroatoms. The quantitative estimate of drug-likeness (QED) is 0.903. The molecule has 1 unspecified atom stereocenters. The monoisotopic (exact) mass is 278 g/mol. The minimum Gasteiger partial charge on any atom is -0.508 e.